The molecule has 1 aromatic rings. The van der Waals surface area contributed by atoms with E-state index in [2.05, 4.69) is 52.5 Å². The van der Waals surface area contributed by atoms with E-state index in [4.69, 9.17) is 0 Å². The monoisotopic (exact) mass is 346 g/mol. The number of anilines is 1. The molecule has 25 heavy (non-hydrogen) atoms. The summed E-state index contributed by atoms with van der Waals surface area (Å²) in [6, 6.07) is 6.03. The second-order valence-corrected chi connectivity index (χ2v) is 6.81. The maximum atomic E-state index is 12.0. The van der Waals surface area contributed by atoms with Gasteiger partial charge in [-0.2, -0.15) is 0 Å². The lowest BCUT2D eigenvalue weighted by molar-refractivity contribution is -0.121. The quantitative estimate of drug-likeness (QED) is 0.856. The number of nitrogens with one attached hydrogen (secondary N) is 2. The summed E-state index contributed by atoms with van der Waals surface area (Å²) in [7, 11) is 0. The normalized spacial score (nSPS) is 16.4. The molecule has 1 saturated heterocycles. The van der Waals surface area contributed by atoms with Crippen LogP contribution in [-0.4, -0.2) is 55.6 Å². The minimum Gasteiger partial charge on any atom is -0.369 e. The number of carbonyl (C=O) groups excluding carboxylic acids is 2. The number of nitrogens with zero attached hydrogens (tertiary/aromatic N) is 2. The molecule has 2 N–H and O–H groups in total. The summed E-state index contributed by atoms with van der Waals surface area (Å²) in [4.78, 5) is 28.2. The number of amides is 3. The fourth-order valence-corrected chi connectivity index (χ4v) is 2.96. The van der Waals surface area contributed by atoms with Crippen molar-refractivity contribution in [3.8, 4) is 0 Å². The average molecular weight is 346 g/mol. The number of piperazine rings is 1. The molecule has 138 valence electrons. The number of imide groups is 1. The van der Waals surface area contributed by atoms with Crippen LogP contribution in [0.15, 0.2) is 18.2 Å². The Morgan fingerprint density at radius 3 is 2.48 bits per heavy atom. The van der Waals surface area contributed by atoms with E-state index < -0.39 is 6.03 Å². The van der Waals surface area contributed by atoms with E-state index in [0.717, 1.165) is 32.6 Å². The maximum Gasteiger partial charge on any atom is 0.321 e. The van der Waals surface area contributed by atoms with Crippen LogP contribution >= 0.6 is 0 Å². The molecule has 0 saturated carbocycles. The summed E-state index contributed by atoms with van der Waals surface area (Å²) in [5.41, 5.74) is 3.89. The van der Waals surface area contributed by atoms with Crippen molar-refractivity contribution in [3.63, 3.8) is 0 Å². The molecular weight excluding hydrogens is 316 g/mol. The third kappa shape index (κ3) is 5.46. The van der Waals surface area contributed by atoms with Gasteiger partial charge in [0.25, 0.3) is 0 Å². The molecule has 6 nitrogen and oxygen atoms in total. The van der Waals surface area contributed by atoms with E-state index in [9.17, 15) is 9.59 Å². The standard InChI is InChI=1S/C19H30N4O2/c1-5-15(3)20-19(25)21-18(24)13-22-9-11-23(12-10-22)17-8-6-7-14(2)16(17)4/h6-8,15H,5,9-13H2,1-4H3,(H2,20,21,24,25)/t15-/m0/s1. The van der Waals surface area contributed by atoms with Gasteiger partial charge in [0.1, 0.15) is 0 Å². The van der Waals surface area contributed by atoms with E-state index in [-0.39, 0.29) is 18.5 Å². The van der Waals surface area contributed by atoms with Crippen LogP contribution in [0, 0.1) is 13.8 Å². The Balaban J connectivity index is 1.79. The average Bonchev–Trinajstić information content (AvgIpc) is 2.57. The third-order valence-corrected chi connectivity index (χ3v) is 4.90. The summed E-state index contributed by atoms with van der Waals surface area (Å²) < 4.78 is 0. The zero-order valence-electron chi connectivity index (χ0n) is 15.8. The van der Waals surface area contributed by atoms with Gasteiger partial charge in [0, 0.05) is 37.9 Å². The number of hydrogen-bond donors (Lipinski definition) is 2. The molecule has 6 heteroatoms. The van der Waals surface area contributed by atoms with Gasteiger partial charge in [-0.15, -0.1) is 0 Å². The molecule has 0 bridgehead atoms. The van der Waals surface area contributed by atoms with Gasteiger partial charge >= 0.3 is 6.03 Å². The van der Waals surface area contributed by atoms with Crippen LogP contribution in [0.3, 0.4) is 0 Å². The Bertz CT molecular complexity index is 609. The van der Waals surface area contributed by atoms with Gasteiger partial charge in [0.2, 0.25) is 5.91 Å². The number of benzene rings is 1. The van der Waals surface area contributed by atoms with E-state index in [0.29, 0.717) is 0 Å². The van der Waals surface area contributed by atoms with E-state index in [1.54, 1.807) is 0 Å². The van der Waals surface area contributed by atoms with Gasteiger partial charge in [-0.3, -0.25) is 15.0 Å². The molecule has 1 aromatic carbocycles. The van der Waals surface area contributed by atoms with Crippen LogP contribution in [0.4, 0.5) is 10.5 Å². The number of carbonyl (C=O) groups is 2. The molecule has 3 amide bonds. The molecule has 1 atom stereocenters. The van der Waals surface area contributed by atoms with Gasteiger partial charge in [0.15, 0.2) is 0 Å². The van der Waals surface area contributed by atoms with Crippen molar-refractivity contribution in [1.29, 1.82) is 0 Å². The van der Waals surface area contributed by atoms with Crippen LogP contribution in [0.1, 0.15) is 31.4 Å². The zero-order chi connectivity index (χ0) is 18.4. The Labute approximate surface area is 150 Å². The van der Waals surface area contributed by atoms with Gasteiger partial charge in [-0.1, -0.05) is 19.1 Å². The van der Waals surface area contributed by atoms with E-state index >= 15 is 0 Å². The largest absolute Gasteiger partial charge is 0.369 e. The Morgan fingerprint density at radius 2 is 1.84 bits per heavy atom. The lowest BCUT2D eigenvalue weighted by Gasteiger charge is -2.36. The first kappa shape index (κ1) is 19.2. The highest BCUT2D eigenvalue weighted by atomic mass is 16.2. The molecule has 1 aliphatic rings. The predicted molar refractivity (Wildman–Crippen MR) is 101 cm³/mol. The second-order valence-electron chi connectivity index (χ2n) is 6.81. The SMILES string of the molecule is CC[C@H](C)NC(=O)NC(=O)CN1CCN(c2cccc(C)c2C)CC1. The highest BCUT2D eigenvalue weighted by Gasteiger charge is 2.21. The molecule has 0 spiro atoms. The Hall–Kier alpha value is -2.08. The molecular formula is C19H30N4O2. The molecule has 2 rings (SSSR count). The minimum atomic E-state index is -0.409. The summed E-state index contributed by atoms with van der Waals surface area (Å²) in [6.07, 6.45) is 0.835. The van der Waals surface area contributed by atoms with Crippen LogP contribution in [0.5, 0.6) is 0 Å². The van der Waals surface area contributed by atoms with E-state index in [1.807, 2.05) is 13.8 Å². The first-order chi connectivity index (χ1) is 11.9. The van der Waals surface area contributed by atoms with E-state index in [1.165, 1.54) is 16.8 Å². The van der Waals surface area contributed by atoms with Crippen molar-refractivity contribution in [2.24, 2.45) is 0 Å². The number of hydrogen-bond acceptors (Lipinski definition) is 4. The highest BCUT2D eigenvalue weighted by molar-refractivity contribution is 5.95. The lowest BCUT2D eigenvalue weighted by atomic mass is 10.1. The summed E-state index contributed by atoms with van der Waals surface area (Å²) in [5, 5.41) is 5.15. The lowest BCUT2D eigenvalue weighted by Crippen LogP contribution is -2.51. The zero-order valence-corrected chi connectivity index (χ0v) is 15.8. The number of rotatable bonds is 5. The maximum absolute atomic E-state index is 12.0. The number of aryl methyl sites for hydroxylation is 1. The first-order valence-corrected chi connectivity index (χ1v) is 9.04. The van der Waals surface area contributed by atoms with Gasteiger partial charge < -0.3 is 10.2 Å². The third-order valence-electron chi connectivity index (χ3n) is 4.90. The Kier molecular flexibility index (Phi) is 6.82. The predicted octanol–water partition coefficient (Wildman–Crippen LogP) is 2.05. The van der Waals surface area contributed by atoms with Crippen LogP contribution in [0.2, 0.25) is 0 Å². The van der Waals surface area contributed by atoms with Gasteiger partial charge in [0.05, 0.1) is 6.54 Å². The van der Waals surface area contributed by atoms with Crippen molar-refractivity contribution in [2.75, 3.05) is 37.6 Å². The summed E-state index contributed by atoms with van der Waals surface area (Å²) >= 11 is 0. The van der Waals surface area contributed by atoms with Gasteiger partial charge in [-0.05, 0) is 44.4 Å². The Morgan fingerprint density at radius 1 is 1.16 bits per heavy atom. The highest BCUT2D eigenvalue weighted by Crippen LogP contribution is 2.23. The second kappa shape index (κ2) is 8.85. The molecule has 0 radical (unpaired) electrons. The van der Waals surface area contributed by atoms with Gasteiger partial charge in [-0.25, -0.2) is 4.79 Å². The molecule has 0 aromatic heterocycles. The molecule has 1 fully saturated rings. The molecule has 0 aliphatic carbocycles. The van der Waals surface area contributed by atoms with Crippen LogP contribution in [-0.2, 0) is 4.79 Å². The van der Waals surface area contributed by atoms with Crippen molar-refractivity contribution in [2.45, 2.75) is 40.2 Å². The van der Waals surface area contributed by atoms with Crippen molar-refractivity contribution in [1.82, 2.24) is 15.5 Å². The fourth-order valence-electron chi connectivity index (χ4n) is 2.96. The smallest absolute Gasteiger partial charge is 0.321 e. The summed E-state index contributed by atoms with van der Waals surface area (Å²) in [5.74, 6) is -0.249. The van der Waals surface area contributed by atoms with Crippen LogP contribution in [0.25, 0.3) is 0 Å². The molecule has 1 aliphatic heterocycles. The van der Waals surface area contributed by atoms with Crippen molar-refractivity contribution < 1.29 is 9.59 Å². The fraction of sp³-hybridized carbons (Fsp3) is 0.579. The van der Waals surface area contributed by atoms with Crippen LogP contribution < -0.4 is 15.5 Å². The minimum absolute atomic E-state index is 0.0638. The van der Waals surface area contributed by atoms with Crippen molar-refractivity contribution >= 4 is 17.6 Å². The first-order valence-electron chi connectivity index (χ1n) is 9.04. The van der Waals surface area contributed by atoms with Crippen molar-refractivity contribution in [3.05, 3.63) is 29.3 Å². The number of urea groups is 1. The molecule has 1 heterocycles. The summed E-state index contributed by atoms with van der Waals surface area (Å²) in [6.45, 7) is 11.8. The molecule has 0 unspecified atom stereocenters. The topological polar surface area (TPSA) is 64.7 Å².